The summed E-state index contributed by atoms with van der Waals surface area (Å²) in [6, 6.07) is 12.4. The number of nitrogens with one attached hydrogen (secondary N) is 1. The van der Waals surface area contributed by atoms with E-state index in [2.05, 4.69) is 5.32 Å². The summed E-state index contributed by atoms with van der Waals surface area (Å²) in [5, 5.41) is 3.27. The van der Waals surface area contributed by atoms with Crippen molar-refractivity contribution < 1.29 is 19.1 Å². The van der Waals surface area contributed by atoms with E-state index in [1.54, 1.807) is 18.2 Å². The number of hydrogen-bond acceptors (Lipinski definition) is 4. The number of benzene rings is 2. The Hall–Kier alpha value is -2.53. The maximum Gasteiger partial charge on any atom is 0.342 e. The number of esters is 1. The van der Waals surface area contributed by atoms with Crippen molar-refractivity contribution in [3.8, 4) is 5.75 Å². The Morgan fingerprint density at radius 2 is 1.92 bits per heavy atom. The molecule has 0 heterocycles. The van der Waals surface area contributed by atoms with Gasteiger partial charge in [0.1, 0.15) is 11.3 Å². The molecular formula is C19H20ClNO4. The van der Waals surface area contributed by atoms with Gasteiger partial charge < -0.3 is 14.8 Å². The quantitative estimate of drug-likeness (QED) is 0.799. The number of halogens is 1. The van der Waals surface area contributed by atoms with Crippen LogP contribution in [0.25, 0.3) is 0 Å². The summed E-state index contributed by atoms with van der Waals surface area (Å²) in [6.45, 7) is 3.63. The molecule has 132 valence electrons. The number of carbonyl (C=O) groups is 2. The van der Waals surface area contributed by atoms with Crippen LogP contribution in [0.4, 0.5) is 0 Å². The van der Waals surface area contributed by atoms with Crippen LogP contribution >= 0.6 is 11.6 Å². The molecule has 6 heteroatoms. The van der Waals surface area contributed by atoms with E-state index in [-0.39, 0.29) is 12.1 Å². The summed E-state index contributed by atoms with van der Waals surface area (Å²) in [4.78, 5) is 24.5. The number of aryl methyl sites for hydroxylation is 1. The van der Waals surface area contributed by atoms with E-state index in [0.717, 1.165) is 11.1 Å². The maximum atomic E-state index is 12.3. The highest BCUT2D eigenvalue weighted by Gasteiger charge is 2.21. The van der Waals surface area contributed by atoms with Gasteiger partial charge in [-0.2, -0.15) is 0 Å². The first kappa shape index (κ1) is 18.8. The van der Waals surface area contributed by atoms with Gasteiger partial charge in [-0.15, -0.1) is 0 Å². The predicted molar refractivity (Wildman–Crippen MR) is 95.9 cm³/mol. The molecule has 2 rings (SSSR count). The van der Waals surface area contributed by atoms with Crippen LogP contribution in [0.2, 0.25) is 5.02 Å². The second-order valence-electron chi connectivity index (χ2n) is 5.56. The van der Waals surface area contributed by atoms with Crippen LogP contribution in [0.15, 0.2) is 42.5 Å². The summed E-state index contributed by atoms with van der Waals surface area (Å²) in [6.07, 6.45) is -0.944. The fraction of sp³-hybridized carbons (Fsp3) is 0.263. The molecule has 2 aromatic carbocycles. The smallest absolute Gasteiger partial charge is 0.342 e. The zero-order valence-corrected chi connectivity index (χ0v) is 15.1. The van der Waals surface area contributed by atoms with Gasteiger partial charge in [0.15, 0.2) is 6.10 Å². The van der Waals surface area contributed by atoms with Crippen molar-refractivity contribution in [1.29, 1.82) is 0 Å². The Kier molecular flexibility index (Phi) is 6.42. The van der Waals surface area contributed by atoms with E-state index in [1.165, 1.54) is 14.0 Å². The van der Waals surface area contributed by atoms with Crippen molar-refractivity contribution in [2.24, 2.45) is 0 Å². The third kappa shape index (κ3) is 4.97. The molecule has 0 radical (unpaired) electrons. The molecule has 0 aliphatic heterocycles. The van der Waals surface area contributed by atoms with Crippen LogP contribution in [0.5, 0.6) is 5.75 Å². The zero-order chi connectivity index (χ0) is 18.4. The Morgan fingerprint density at radius 1 is 1.20 bits per heavy atom. The van der Waals surface area contributed by atoms with Crippen LogP contribution in [0.1, 0.15) is 28.4 Å². The van der Waals surface area contributed by atoms with Crippen molar-refractivity contribution >= 4 is 23.5 Å². The first-order valence-electron chi connectivity index (χ1n) is 7.79. The molecule has 0 saturated carbocycles. The monoisotopic (exact) mass is 361 g/mol. The van der Waals surface area contributed by atoms with E-state index in [9.17, 15) is 9.59 Å². The van der Waals surface area contributed by atoms with E-state index in [1.807, 2.05) is 31.2 Å². The SMILES string of the molecule is COc1ccc(C)cc1C(=O)O[C@H](C)C(=O)NCc1ccccc1Cl. The first-order valence-corrected chi connectivity index (χ1v) is 8.17. The molecule has 1 N–H and O–H groups in total. The van der Waals surface area contributed by atoms with Gasteiger partial charge in [0.25, 0.3) is 5.91 Å². The topological polar surface area (TPSA) is 64.6 Å². The molecule has 25 heavy (non-hydrogen) atoms. The Labute approximate surface area is 151 Å². The van der Waals surface area contributed by atoms with E-state index in [4.69, 9.17) is 21.1 Å². The minimum absolute atomic E-state index is 0.258. The highest BCUT2D eigenvalue weighted by Crippen LogP contribution is 2.21. The van der Waals surface area contributed by atoms with Crippen molar-refractivity contribution in [3.05, 3.63) is 64.2 Å². The Morgan fingerprint density at radius 3 is 2.60 bits per heavy atom. The molecule has 0 fully saturated rings. The molecule has 0 saturated heterocycles. The third-order valence-corrected chi connectivity index (χ3v) is 4.01. The van der Waals surface area contributed by atoms with Crippen LogP contribution in [-0.4, -0.2) is 25.1 Å². The van der Waals surface area contributed by atoms with Crippen molar-refractivity contribution in [3.63, 3.8) is 0 Å². The van der Waals surface area contributed by atoms with Gasteiger partial charge in [-0.05, 0) is 37.6 Å². The fourth-order valence-electron chi connectivity index (χ4n) is 2.23. The Balaban J connectivity index is 1.98. The van der Waals surface area contributed by atoms with Crippen LogP contribution < -0.4 is 10.1 Å². The van der Waals surface area contributed by atoms with Gasteiger partial charge >= 0.3 is 5.97 Å². The molecule has 0 aromatic heterocycles. The van der Waals surface area contributed by atoms with Crippen molar-refractivity contribution in [1.82, 2.24) is 5.32 Å². The van der Waals surface area contributed by atoms with Gasteiger partial charge in [-0.25, -0.2) is 4.79 Å². The molecule has 0 bridgehead atoms. The minimum Gasteiger partial charge on any atom is -0.496 e. The number of carbonyl (C=O) groups excluding carboxylic acids is 2. The van der Waals surface area contributed by atoms with Gasteiger partial charge in [-0.3, -0.25) is 4.79 Å². The van der Waals surface area contributed by atoms with Gasteiger partial charge in [-0.1, -0.05) is 41.4 Å². The summed E-state index contributed by atoms with van der Waals surface area (Å²) >= 11 is 6.05. The van der Waals surface area contributed by atoms with Gasteiger partial charge in [0, 0.05) is 11.6 Å². The summed E-state index contributed by atoms with van der Waals surface area (Å²) in [5.41, 5.74) is 1.97. The first-order chi connectivity index (χ1) is 11.9. The normalized spacial score (nSPS) is 11.5. The fourth-order valence-corrected chi connectivity index (χ4v) is 2.43. The lowest BCUT2D eigenvalue weighted by atomic mass is 10.1. The second-order valence-corrected chi connectivity index (χ2v) is 5.97. The maximum absolute atomic E-state index is 12.3. The largest absolute Gasteiger partial charge is 0.496 e. The lowest BCUT2D eigenvalue weighted by Gasteiger charge is -2.15. The van der Waals surface area contributed by atoms with E-state index in [0.29, 0.717) is 10.8 Å². The Bertz CT molecular complexity index is 776. The molecule has 0 aliphatic carbocycles. The second kappa shape index (κ2) is 8.53. The van der Waals surface area contributed by atoms with E-state index >= 15 is 0 Å². The predicted octanol–water partition coefficient (Wildman–Crippen LogP) is 3.52. The summed E-state index contributed by atoms with van der Waals surface area (Å²) in [7, 11) is 1.47. The summed E-state index contributed by atoms with van der Waals surface area (Å²) < 4.78 is 10.4. The van der Waals surface area contributed by atoms with Crippen LogP contribution in [0, 0.1) is 6.92 Å². The molecule has 0 unspecified atom stereocenters. The average molecular weight is 362 g/mol. The lowest BCUT2D eigenvalue weighted by Crippen LogP contribution is -2.35. The number of methoxy groups -OCH3 is 1. The highest BCUT2D eigenvalue weighted by molar-refractivity contribution is 6.31. The molecule has 2 aromatic rings. The van der Waals surface area contributed by atoms with Crippen molar-refractivity contribution in [2.75, 3.05) is 7.11 Å². The van der Waals surface area contributed by atoms with Gasteiger partial charge in [0.2, 0.25) is 0 Å². The van der Waals surface area contributed by atoms with E-state index < -0.39 is 18.0 Å². The number of ether oxygens (including phenoxy) is 2. The number of amides is 1. The van der Waals surface area contributed by atoms with Crippen LogP contribution in [0.3, 0.4) is 0 Å². The standard InChI is InChI=1S/C19H20ClNO4/c1-12-8-9-17(24-3)15(10-12)19(23)25-13(2)18(22)21-11-14-6-4-5-7-16(14)20/h4-10,13H,11H2,1-3H3,(H,21,22)/t13-/m1/s1. The molecular weight excluding hydrogens is 342 g/mol. The van der Waals surface area contributed by atoms with Crippen molar-refractivity contribution in [2.45, 2.75) is 26.5 Å². The summed E-state index contributed by atoms with van der Waals surface area (Å²) in [5.74, 6) is -0.611. The third-order valence-electron chi connectivity index (χ3n) is 3.64. The number of rotatable bonds is 6. The van der Waals surface area contributed by atoms with Gasteiger partial charge in [0.05, 0.1) is 7.11 Å². The molecule has 0 aliphatic rings. The molecule has 1 atom stereocenters. The minimum atomic E-state index is -0.944. The molecule has 5 nitrogen and oxygen atoms in total. The zero-order valence-electron chi connectivity index (χ0n) is 14.3. The lowest BCUT2D eigenvalue weighted by molar-refractivity contribution is -0.129. The molecule has 1 amide bonds. The average Bonchev–Trinajstić information content (AvgIpc) is 2.60. The molecule has 0 spiro atoms. The number of hydrogen-bond donors (Lipinski definition) is 1. The highest BCUT2D eigenvalue weighted by atomic mass is 35.5. The van der Waals surface area contributed by atoms with Crippen LogP contribution in [-0.2, 0) is 16.1 Å².